The lowest BCUT2D eigenvalue weighted by atomic mass is 9.94. The summed E-state index contributed by atoms with van der Waals surface area (Å²) in [5, 5.41) is 6.59. The third-order valence-electron chi connectivity index (χ3n) is 2.75. The first-order valence-corrected chi connectivity index (χ1v) is 6.40. The highest BCUT2D eigenvalue weighted by molar-refractivity contribution is 5.76. The molecule has 1 amide bonds. The smallest absolute Gasteiger partial charge is 0.220 e. The molecule has 0 aliphatic carbocycles. The number of nitrogens with two attached hydrogens (primary N) is 1. The van der Waals surface area contributed by atoms with Gasteiger partial charge in [0.05, 0.1) is 12.2 Å². The molecule has 1 atom stereocenters. The molecule has 18 heavy (non-hydrogen) atoms. The highest BCUT2D eigenvalue weighted by Gasteiger charge is 2.14. The van der Waals surface area contributed by atoms with Crippen LogP contribution in [0.3, 0.4) is 0 Å². The average molecular weight is 253 g/mol. The van der Waals surface area contributed by atoms with Crippen molar-refractivity contribution in [1.82, 2.24) is 10.5 Å². The molecule has 0 fully saturated rings. The molecular weight excluding hydrogens is 230 g/mol. The fourth-order valence-corrected chi connectivity index (χ4v) is 1.95. The van der Waals surface area contributed by atoms with Gasteiger partial charge in [0.2, 0.25) is 5.91 Å². The lowest BCUT2D eigenvalue weighted by Gasteiger charge is -2.16. The second-order valence-electron chi connectivity index (χ2n) is 5.15. The number of nitrogens with zero attached hydrogens (tertiary/aromatic N) is 1. The molecule has 1 heterocycles. The molecule has 0 saturated carbocycles. The lowest BCUT2D eigenvalue weighted by Crippen LogP contribution is -2.28. The Hall–Kier alpha value is -1.36. The highest BCUT2D eigenvalue weighted by Crippen LogP contribution is 2.14. The van der Waals surface area contributed by atoms with Gasteiger partial charge in [-0.05, 0) is 31.7 Å². The second-order valence-corrected chi connectivity index (χ2v) is 5.15. The van der Waals surface area contributed by atoms with E-state index in [1.807, 2.05) is 13.0 Å². The van der Waals surface area contributed by atoms with E-state index in [0.29, 0.717) is 31.2 Å². The van der Waals surface area contributed by atoms with Crippen molar-refractivity contribution in [3.05, 3.63) is 17.5 Å². The van der Waals surface area contributed by atoms with E-state index in [1.54, 1.807) is 0 Å². The van der Waals surface area contributed by atoms with Gasteiger partial charge in [-0.25, -0.2) is 0 Å². The number of aromatic nitrogens is 1. The third-order valence-corrected chi connectivity index (χ3v) is 2.75. The van der Waals surface area contributed by atoms with Crippen LogP contribution in [0.25, 0.3) is 0 Å². The minimum Gasteiger partial charge on any atom is -0.359 e. The zero-order chi connectivity index (χ0) is 13.5. The molecule has 5 nitrogen and oxygen atoms in total. The number of hydrogen-bond acceptors (Lipinski definition) is 4. The Bertz CT molecular complexity index is 374. The fourth-order valence-electron chi connectivity index (χ4n) is 1.95. The molecule has 3 N–H and O–H groups in total. The summed E-state index contributed by atoms with van der Waals surface area (Å²) in [5.74, 6) is 1.50. The molecule has 0 spiro atoms. The number of amides is 1. The number of rotatable bonds is 7. The van der Waals surface area contributed by atoms with E-state index in [1.165, 1.54) is 0 Å². The summed E-state index contributed by atoms with van der Waals surface area (Å²) in [5.41, 5.74) is 6.49. The summed E-state index contributed by atoms with van der Waals surface area (Å²) in [6.07, 6.45) is 1.45. The van der Waals surface area contributed by atoms with Gasteiger partial charge in [-0.3, -0.25) is 4.79 Å². The molecule has 5 heteroatoms. The number of hydrogen-bond donors (Lipinski definition) is 2. The second kappa shape index (κ2) is 7.16. The maximum Gasteiger partial charge on any atom is 0.220 e. The van der Waals surface area contributed by atoms with Crippen molar-refractivity contribution in [3.63, 3.8) is 0 Å². The van der Waals surface area contributed by atoms with Gasteiger partial charge in [0, 0.05) is 12.5 Å². The standard InChI is InChI=1S/C13H23N3O2/c1-9(2)4-11(7-14)6-13(17)15-8-12-5-10(3)16-18-12/h5,9,11H,4,6-8,14H2,1-3H3,(H,15,17)/t11-/m0/s1. The SMILES string of the molecule is Cc1cc(CNC(=O)C[C@@H](CN)CC(C)C)on1. The molecule has 0 aliphatic rings. The summed E-state index contributed by atoms with van der Waals surface area (Å²) in [7, 11) is 0. The largest absolute Gasteiger partial charge is 0.359 e. The van der Waals surface area contributed by atoms with Crippen molar-refractivity contribution in [2.24, 2.45) is 17.6 Å². The zero-order valence-electron chi connectivity index (χ0n) is 11.4. The Morgan fingerprint density at radius 3 is 2.78 bits per heavy atom. The van der Waals surface area contributed by atoms with Gasteiger partial charge in [-0.2, -0.15) is 0 Å². The minimum absolute atomic E-state index is 0.0140. The van der Waals surface area contributed by atoms with Crippen LogP contribution >= 0.6 is 0 Å². The Morgan fingerprint density at radius 1 is 1.56 bits per heavy atom. The molecule has 1 aromatic heterocycles. The van der Waals surface area contributed by atoms with Crippen LogP contribution in [-0.4, -0.2) is 17.6 Å². The van der Waals surface area contributed by atoms with Gasteiger partial charge >= 0.3 is 0 Å². The molecule has 0 aromatic carbocycles. The molecule has 0 unspecified atom stereocenters. The van der Waals surface area contributed by atoms with Gasteiger partial charge in [0.15, 0.2) is 5.76 Å². The van der Waals surface area contributed by atoms with Gasteiger partial charge < -0.3 is 15.6 Å². The molecule has 0 radical (unpaired) electrons. The average Bonchev–Trinajstić information content (AvgIpc) is 2.71. The molecule has 0 aliphatic heterocycles. The van der Waals surface area contributed by atoms with Crippen molar-refractivity contribution < 1.29 is 9.32 Å². The van der Waals surface area contributed by atoms with Crippen molar-refractivity contribution >= 4 is 5.91 Å². The third kappa shape index (κ3) is 5.31. The van der Waals surface area contributed by atoms with Crippen LogP contribution in [-0.2, 0) is 11.3 Å². The van der Waals surface area contributed by atoms with Crippen molar-refractivity contribution in [3.8, 4) is 0 Å². The van der Waals surface area contributed by atoms with Crippen LogP contribution in [0.15, 0.2) is 10.6 Å². The van der Waals surface area contributed by atoms with E-state index in [9.17, 15) is 4.79 Å². The molecule has 102 valence electrons. The predicted octanol–water partition coefficient (Wildman–Crippen LogP) is 1.61. The fraction of sp³-hybridized carbons (Fsp3) is 0.692. The number of nitrogens with one attached hydrogen (secondary N) is 1. The number of carbonyl (C=O) groups is 1. The summed E-state index contributed by atoms with van der Waals surface area (Å²) in [4.78, 5) is 11.7. The normalized spacial score (nSPS) is 12.7. The molecule has 0 saturated heterocycles. The topological polar surface area (TPSA) is 81.2 Å². The van der Waals surface area contributed by atoms with E-state index in [2.05, 4.69) is 24.3 Å². The van der Waals surface area contributed by atoms with Gasteiger partial charge in [-0.1, -0.05) is 19.0 Å². The van der Waals surface area contributed by atoms with Crippen LogP contribution in [0, 0.1) is 18.8 Å². The van der Waals surface area contributed by atoms with Crippen LogP contribution in [0.2, 0.25) is 0 Å². The lowest BCUT2D eigenvalue weighted by molar-refractivity contribution is -0.122. The molecular formula is C13H23N3O2. The maximum absolute atomic E-state index is 11.7. The number of aryl methyl sites for hydroxylation is 1. The number of carbonyl (C=O) groups excluding carboxylic acids is 1. The summed E-state index contributed by atoms with van der Waals surface area (Å²) in [6, 6.07) is 1.81. The Balaban J connectivity index is 2.32. The van der Waals surface area contributed by atoms with E-state index < -0.39 is 0 Å². The highest BCUT2D eigenvalue weighted by atomic mass is 16.5. The first kappa shape index (κ1) is 14.7. The summed E-state index contributed by atoms with van der Waals surface area (Å²) in [6.45, 7) is 7.06. The van der Waals surface area contributed by atoms with E-state index in [0.717, 1.165) is 12.1 Å². The summed E-state index contributed by atoms with van der Waals surface area (Å²) < 4.78 is 5.02. The maximum atomic E-state index is 11.7. The molecule has 0 bridgehead atoms. The van der Waals surface area contributed by atoms with Crippen molar-refractivity contribution in [1.29, 1.82) is 0 Å². The first-order chi connectivity index (χ1) is 8.51. The van der Waals surface area contributed by atoms with E-state index in [4.69, 9.17) is 10.3 Å². The van der Waals surface area contributed by atoms with Crippen LogP contribution in [0.4, 0.5) is 0 Å². The molecule has 1 rings (SSSR count). The van der Waals surface area contributed by atoms with E-state index >= 15 is 0 Å². The zero-order valence-corrected chi connectivity index (χ0v) is 11.4. The van der Waals surface area contributed by atoms with Crippen LogP contribution < -0.4 is 11.1 Å². The minimum atomic E-state index is 0.0140. The van der Waals surface area contributed by atoms with E-state index in [-0.39, 0.29) is 11.8 Å². The predicted molar refractivity (Wildman–Crippen MR) is 69.7 cm³/mol. The first-order valence-electron chi connectivity index (χ1n) is 6.40. The Labute approximate surface area is 108 Å². The van der Waals surface area contributed by atoms with Crippen LogP contribution in [0.1, 0.15) is 38.1 Å². The van der Waals surface area contributed by atoms with Gasteiger partial charge in [0.1, 0.15) is 0 Å². The van der Waals surface area contributed by atoms with Gasteiger partial charge in [-0.15, -0.1) is 0 Å². The van der Waals surface area contributed by atoms with Gasteiger partial charge in [0.25, 0.3) is 0 Å². The quantitative estimate of drug-likeness (QED) is 0.773. The Kier molecular flexibility index (Phi) is 5.85. The Morgan fingerprint density at radius 2 is 2.28 bits per heavy atom. The summed E-state index contributed by atoms with van der Waals surface area (Å²) >= 11 is 0. The molecule has 1 aromatic rings. The van der Waals surface area contributed by atoms with Crippen LogP contribution in [0.5, 0.6) is 0 Å². The monoisotopic (exact) mass is 253 g/mol. The van der Waals surface area contributed by atoms with Crippen molar-refractivity contribution in [2.45, 2.75) is 40.2 Å². The van der Waals surface area contributed by atoms with Crippen molar-refractivity contribution in [2.75, 3.05) is 6.54 Å².